The van der Waals surface area contributed by atoms with Gasteiger partial charge in [0.05, 0.1) is 0 Å². The smallest absolute Gasteiger partial charge is 0.255 e. The van der Waals surface area contributed by atoms with E-state index in [4.69, 9.17) is 0 Å². The van der Waals surface area contributed by atoms with Gasteiger partial charge < -0.3 is 10.2 Å². The Hall–Kier alpha value is -3.07. The van der Waals surface area contributed by atoms with E-state index in [2.05, 4.69) is 20.5 Å². The SMILES string of the molecule is O=C(NCCCN1CCC(=C(c2ccc(F)cc2)c2ccc(F)cc2)CC1)C1(c2cccnc2)NCCS1. The Morgan fingerprint density at radius 3 is 2.21 bits per heavy atom. The summed E-state index contributed by atoms with van der Waals surface area (Å²) >= 11 is 1.62. The topological polar surface area (TPSA) is 57.3 Å². The maximum Gasteiger partial charge on any atom is 0.255 e. The Bertz CT molecular complexity index is 1200. The molecule has 0 bridgehead atoms. The van der Waals surface area contributed by atoms with Crippen LogP contribution in [0.2, 0.25) is 0 Å². The minimum absolute atomic E-state index is 0.0138. The zero-order valence-corrected chi connectivity index (χ0v) is 22.1. The number of nitrogens with one attached hydrogen (secondary N) is 2. The molecular weight excluding hydrogens is 502 g/mol. The summed E-state index contributed by atoms with van der Waals surface area (Å²) in [5.41, 5.74) is 5.15. The highest BCUT2D eigenvalue weighted by Gasteiger charge is 2.43. The van der Waals surface area contributed by atoms with Crippen LogP contribution in [0.3, 0.4) is 0 Å². The van der Waals surface area contributed by atoms with Crippen molar-refractivity contribution in [2.24, 2.45) is 0 Å². The van der Waals surface area contributed by atoms with Crippen LogP contribution in [0.15, 0.2) is 78.6 Å². The Morgan fingerprint density at radius 1 is 1.00 bits per heavy atom. The lowest BCUT2D eigenvalue weighted by Crippen LogP contribution is -2.49. The second kappa shape index (κ2) is 12.2. The van der Waals surface area contributed by atoms with Gasteiger partial charge in [-0.25, -0.2) is 8.78 Å². The van der Waals surface area contributed by atoms with Crippen LogP contribution in [0.5, 0.6) is 0 Å². The summed E-state index contributed by atoms with van der Waals surface area (Å²) < 4.78 is 27.2. The quantitative estimate of drug-likeness (QED) is 0.401. The summed E-state index contributed by atoms with van der Waals surface area (Å²) in [6.45, 7) is 4.11. The van der Waals surface area contributed by atoms with Crippen molar-refractivity contribution in [2.45, 2.75) is 24.1 Å². The zero-order chi connectivity index (χ0) is 26.4. The summed E-state index contributed by atoms with van der Waals surface area (Å²) in [4.78, 5) is 19.0. The van der Waals surface area contributed by atoms with Crippen LogP contribution in [-0.2, 0) is 9.67 Å². The fraction of sp³-hybridized carbons (Fsp3) is 0.333. The van der Waals surface area contributed by atoms with Crippen LogP contribution in [-0.4, -0.2) is 54.3 Å². The first kappa shape index (κ1) is 26.5. The second-order valence-electron chi connectivity index (χ2n) is 9.64. The molecule has 38 heavy (non-hydrogen) atoms. The van der Waals surface area contributed by atoms with Crippen molar-refractivity contribution < 1.29 is 13.6 Å². The Labute approximate surface area is 226 Å². The van der Waals surface area contributed by atoms with Crippen LogP contribution in [0, 0.1) is 11.6 Å². The highest BCUT2D eigenvalue weighted by atomic mass is 32.2. The van der Waals surface area contributed by atoms with Crippen molar-refractivity contribution in [3.63, 3.8) is 0 Å². The Balaban J connectivity index is 1.18. The number of rotatable bonds is 8. The van der Waals surface area contributed by atoms with Gasteiger partial charge in [-0.05, 0) is 72.8 Å². The van der Waals surface area contributed by atoms with Crippen molar-refractivity contribution in [1.82, 2.24) is 20.5 Å². The molecule has 1 amide bonds. The Morgan fingerprint density at radius 2 is 1.66 bits per heavy atom. The number of benzene rings is 2. The molecule has 2 aliphatic heterocycles. The summed E-state index contributed by atoms with van der Waals surface area (Å²) in [6.07, 6.45) is 6.12. The van der Waals surface area contributed by atoms with Crippen LogP contribution < -0.4 is 10.6 Å². The summed E-state index contributed by atoms with van der Waals surface area (Å²) in [7, 11) is 0. The molecule has 2 saturated heterocycles. The number of aromatic nitrogens is 1. The second-order valence-corrected chi connectivity index (χ2v) is 11.0. The molecule has 5 rings (SSSR count). The first-order chi connectivity index (χ1) is 18.5. The molecule has 0 aliphatic carbocycles. The minimum atomic E-state index is -0.768. The number of hydrogen-bond donors (Lipinski definition) is 2. The highest BCUT2D eigenvalue weighted by molar-refractivity contribution is 8.01. The van der Waals surface area contributed by atoms with Crippen molar-refractivity contribution in [3.8, 4) is 0 Å². The number of likely N-dealkylation sites (tertiary alicyclic amines) is 1. The molecule has 3 aromatic rings. The molecule has 8 heteroatoms. The standard InChI is InChI=1S/C30H32F2N4OS/c31-26-8-4-22(5-9-26)28(23-6-10-27(32)11-7-23)24-12-18-36(19-13-24)17-2-15-34-29(37)30(35-16-20-38-30)25-3-1-14-33-21-25/h1,3-11,14,21,35H,2,12-13,15-20H2,(H,34,37). The number of carbonyl (C=O) groups is 1. The normalized spacial score (nSPS) is 19.9. The molecule has 2 fully saturated rings. The molecule has 3 heterocycles. The molecular formula is C30H32F2N4OS. The summed E-state index contributed by atoms with van der Waals surface area (Å²) in [5, 5.41) is 6.51. The summed E-state index contributed by atoms with van der Waals surface area (Å²) in [6, 6.07) is 16.9. The van der Waals surface area contributed by atoms with E-state index in [0.717, 1.165) is 73.5 Å². The number of amides is 1. The molecule has 0 radical (unpaired) electrons. The molecule has 0 saturated carbocycles. The lowest BCUT2D eigenvalue weighted by atomic mass is 9.88. The van der Waals surface area contributed by atoms with Gasteiger partial charge in [0.2, 0.25) is 0 Å². The van der Waals surface area contributed by atoms with Gasteiger partial charge in [-0.2, -0.15) is 0 Å². The first-order valence-corrected chi connectivity index (χ1v) is 14.1. The van der Waals surface area contributed by atoms with Crippen LogP contribution in [0.1, 0.15) is 36.0 Å². The summed E-state index contributed by atoms with van der Waals surface area (Å²) in [5.74, 6) is 0.324. The van der Waals surface area contributed by atoms with Crippen molar-refractivity contribution in [2.75, 3.05) is 38.5 Å². The van der Waals surface area contributed by atoms with Crippen molar-refractivity contribution in [3.05, 3.63) is 107 Å². The van der Waals surface area contributed by atoms with E-state index in [0.29, 0.717) is 6.54 Å². The third-order valence-electron chi connectivity index (χ3n) is 7.20. The first-order valence-electron chi connectivity index (χ1n) is 13.1. The number of hydrogen-bond acceptors (Lipinski definition) is 5. The van der Waals surface area contributed by atoms with Gasteiger partial charge in [-0.15, -0.1) is 11.8 Å². The van der Waals surface area contributed by atoms with Gasteiger partial charge >= 0.3 is 0 Å². The fourth-order valence-corrected chi connectivity index (χ4v) is 6.45. The maximum atomic E-state index is 13.6. The number of nitrogens with zero attached hydrogens (tertiary/aromatic N) is 2. The lowest BCUT2D eigenvalue weighted by Gasteiger charge is -2.31. The number of pyridine rings is 1. The van der Waals surface area contributed by atoms with Crippen LogP contribution in [0.25, 0.3) is 5.57 Å². The number of thioether (sulfide) groups is 1. The monoisotopic (exact) mass is 534 g/mol. The molecule has 2 N–H and O–H groups in total. The average Bonchev–Trinajstić information content (AvgIpc) is 3.46. The van der Waals surface area contributed by atoms with Gasteiger partial charge in [-0.3, -0.25) is 15.1 Å². The molecule has 1 unspecified atom stereocenters. The van der Waals surface area contributed by atoms with Gasteiger partial charge in [0.25, 0.3) is 5.91 Å². The zero-order valence-electron chi connectivity index (χ0n) is 21.3. The third kappa shape index (κ3) is 5.98. The predicted octanol–water partition coefficient (Wildman–Crippen LogP) is 4.95. The van der Waals surface area contributed by atoms with Gasteiger partial charge in [0.1, 0.15) is 11.6 Å². The number of piperidine rings is 1. The van der Waals surface area contributed by atoms with E-state index in [1.54, 1.807) is 48.4 Å². The number of halogens is 2. The Kier molecular flexibility index (Phi) is 8.51. The highest BCUT2D eigenvalue weighted by Crippen LogP contribution is 2.37. The van der Waals surface area contributed by atoms with E-state index < -0.39 is 4.87 Å². The van der Waals surface area contributed by atoms with E-state index in [-0.39, 0.29) is 17.5 Å². The van der Waals surface area contributed by atoms with Gasteiger partial charge in [0.15, 0.2) is 4.87 Å². The van der Waals surface area contributed by atoms with E-state index in [9.17, 15) is 13.6 Å². The van der Waals surface area contributed by atoms with Gasteiger partial charge in [0, 0.05) is 49.9 Å². The third-order valence-corrected chi connectivity index (χ3v) is 8.60. The molecule has 5 nitrogen and oxygen atoms in total. The predicted molar refractivity (Wildman–Crippen MR) is 148 cm³/mol. The van der Waals surface area contributed by atoms with E-state index in [1.807, 2.05) is 12.1 Å². The molecule has 2 aromatic carbocycles. The molecule has 1 aromatic heterocycles. The average molecular weight is 535 g/mol. The van der Waals surface area contributed by atoms with Crippen molar-refractivity contribution >= 4 is 23.2 Å². The molecule has 0 spiro atoms. The molecule has 2 aliphatic rings. The molecule has 198 valence electrons. The maximum absolute atomic E-state index is 13.6. The minimum Gasteiger partial charge on any atom is -0.353 e. The lowest BCUT2D eigenvalue weighted by molar-refractivity contribution is -0.124. The van der Waals surface area contributed by atoms with Crippen LogP contribution >= 0.6 is 11.8 Å². The fourth-order valence-electron chi connectivity index (χ4n) is 5.25. The largest absolute Gasteiger partial charge is 0.353 e. The van der Waals surface area contributed by atoms with E-state index >= 15 is 0 Å². The van der Waals surface area contributed by atoms with E-state index in [1.165, 1.54) is 29.8 Å². The molecule has 1 atom stereocenters. The van der Waals surface area contributed by atoms with Gasteiger partial charge in [-0.1, -0.05) is 35.9 Å². The van der Waals surface area contributed by atoms with Crippen molar-refractivity contribution in [1.29, 1.82) is 0 Å². The van der Waals surface area contributed by atoms with Crippen LogP contribution in [0.4, 0.5) is 8.78 Å². The number of carbonyl (C=O) groups excluding carboxylic acids is 1.